The minimum absolute atomic E-state index is 0.0596. The van der Waals surface area contributed by atoms with Crippen LogP contribution in [-0.2, 0) is 10.8 Å². The first kappa shape index (κ1) is 28.2. The quantitative estimate of drug-likeness (QED) is 0.176. The maximum absolute atomic E-state index is 4.18. The summed E-state index contributed by atoms with van der Waals surface area (Å²) in [5.41, 5.74) is 9.94. The van der Waals surface area contributed by atoms with Crippen molar-refractivity contribution in [2.75, 3.05) is 0 Å². The van der Waals surface area contributed by atoms with Gasteiger partial charge in [0.05, 0.1) is 37.9 Å². The molecule has 3 heteroatoms. The molecule has 0 unspecified atom stereocenters. The first-order valence-electron chi connectivity index (χ1n) is 15.8. The van der Waals surface area contributed by atoms with Crippen molar-refractivity contribution in [3.05, 3.63) is 131 Å². The molecular formula is C42H37BrN2. The van der Waals surface area contributed by atoms with Crippen LogP contribution in [0, 0.1) is 0 Å². The second kappa shape index (κ2) is 9.83. The molecule has 222 valence electrons. The molecular weight excluding hydrogens is 612 g/mol. The average Bonchev–Trinajstić information content (AvgIpc) is 3.53. The first-order valence-corrected chi connectivity index (χ1v) is 16.6. The Morgan fingerprint density at radius 1 is 0.444 bits per heavy atom. The number of halogens is 1. The summed E-state index contributed by atoms with van der Waals surface area (Å²) in [4.78, 5) is 0. The normalized spacial score (nSPS) is 12.8. The third-order valence-corrected chi connectivity index (χ3v) is 10.3. The van der Waals surface area contributed by atoms with Crippen LogP contribution in [0.25, 0.3) is 65.8 Å². The zero-order valence-corrected chi connectivity index (χ0v) is 28.3. The van der Waals surface area contributed by atoms with Gasteiger partial charge in [-0.3, -0.25) is 0 Å². The summed E-state index contributed by atoms with van der Waals surface area (Å²) in [5.74, 6) is 0. The van der Waals surface area contributed by atoms with Gasteiger partial charge in [0, 0.05) is 26.9 Å². The summed E-state index contributed by atoms with van der Waals surface area (Å²) in [6, 6.07) is 42.8. The highest BCUT2D eigenvalue weighted by atomic mass is 79.9. The van der Waals surface area contributed by atoms with Gasteiger partial charge in [-0.2, -0.15) is 0 Å². The molecule has 8 aromatic rings. The average molecular weight is 650 g/mol. The summed E-state index contributed by atoms with van der Waals surface area (Å²) in [5, 5.41) is 7.62. The van der Waals surface area contributed by atoms with Gasteiger partial charge in [-0.25, -0.2) is 0 Å². The summed E-state index contributed by atoms with van der Waals surface area (Å²) in [6.07, 6.45) is 0. The number of benzene rings is 6. The van der Waals surface area contributed by atoms with Crippen molar-refractivity contribution in [1.29, 1.82) is 0 Å². The second-order valence-corrected chi connectivity index (χ2v) is 15.2. The van der Waals surface area contributed by atoms with Gasteiger partial charge in [-0.1, -0.05) is 114 Å². The minimum Gasteiger partial charge on any atom is -0.308 e. The van der Waals surface area contributed by atoms with Crippen LogP contribution in [0.4, 0.5) is 0 Å². The molecule has 2 aromatic heterocycles. The van der Waals surface area contributed by atoms with Gasteiger partial charge < -0.3 is 9.13 Å². The minimum atomic E-state index is 0.0596. The van der Waals surface area contributed by atoms with Crippen molar-refractivity contribution < 1.29 is 0 Å². The van der Waals surface area contributed by atoms with Crippen LogP contribution in [0.15, 0.2) is 120 Å². The van der Waals surface area contributed by atoms with Gasteiger partial charge >= 0.3 is 0 Å². The molecule has 0 saturated carbocycles. The van der Waals surface area contributed by atoms with Gasteiger partial charge in [0.25, 0.3) is 0 Å². The fourth-order valence-corrected chi connectivity index (χ4v) is 7.67. The molecule has 2 heterocycles. The number of fused-ring (bicyclic) bond motifs is 8. The molecule has 0 amide bonds. The van der Waals surface area contributed by atoms with E-state index in [1.807, 2.05) is 0 Å². The maximum atomic E-state index is 4.18. The fourth-order valence-electron chi connectivity index (χ4n) is 7.05. The summed E-state index contributed by atoms with van der Waals surface area (Å²) >= 11 is 4.18. The first-order chi connectivity index (χ1) is 21.5. The van der Waals surface area contributed by atoms with Gasteiger partial charge in [0.1, 0.15) is 0 Å². The lowest BCUT2D eigenvalue weighted by Crippen LogP contribution is -2.10. The molecule has 0 aliphatic rings. The molecule has 0 radical (unpaired) electrons. The van der Waals surface area contributed by atoms with E-state index < -0.39 is 0 Å². The predicted octanol–water partition coefficient (Wildman–Crippen LogP) is 12.4. The number of para-hydroxylation sites is 1. The Bertz CT molecular complexity index is 2390. The molecule has 0 atom stereocenters. The highest BCUT2D eigenvalue weighted by Gasteiger charge is 2.23. The zero-order valence-electron chi connectivity index (χ0n) is 26.7. The molecule has 0 saturated heterocycles. The van der Waals surface area contributed by atoms with E-state index in [9.17, 15) is 0 Å². The van der Waals surface area contributed by atoms with E-state index in [1.165, 1.54) is 65.5 Å². The van der Waals surface area contributed by atoms with Crippen molar-refractivity contribution >= 4 is 70.3 Å². The standard InChI is InChI=1S/C42H37BrN2/c1-41(2,3)27-19-22-35-32(24-27)33-25-28(42(4,5)6)20-23-36(33)44(35)37-16-11-17-38(39(37)43)45-34-15-10-9-14-30(34)31-21-18-26-12-7-8-13-29(26)40(31)45/h7-25H,1-6H3. The van der Waals surface area contributed by atoms with E-state index in [-0.39, 0.29) is 10.8 Å². The largest absolute Gasteiger partial charge is 0.308 e. The number of rotatable bonds is 2. The summed E-state index contributed by atoms with van der Waals surface area (Å²) in [6.45, 7) is 13.8. The SMILES string of the molecule is CC(C)(C)c1ccc2c(c1)c1cc(C(C)(C)C)ccc1n2-c1cccc(-n2c3ccccc3c3ccc4ccccc4c32)c1Br. The van der Waals surface area contributed by atoms with Gasteiger partial charge in [0.15, 0.2) is 0 Å². The Balaban J connectivity index is 1.47. The molecule has 0 N–H and O–H groups in total. The lowest BCUT2D eigenvalue weighted by Gasteiger charge is -2.19. The summed E-state index contributed by atoms with van der Waals surface area (Å²) < 4.78 is 5.96. The molecule has 8 rings (SSSR count). The van der Waals surface area contributed by atoms with Crippen LogP contribution < -0.4 is 0 Å². The van der Waals surface area contributed by atoms with E-state index in [0.29, 0.717) is 0 Å². The molecule has 0 spiro atoms. The fraction of sp³-hybridized carbons (Fsp3) is 0.190. The topological polar surface area (TPSA) is 9.86 Å². The smallest absolute Gasteiger partial charge is 0.0656 e. The Kier molecular flexibility index (Phi) is 6.15. The van der Waals surface area contributed by atoms with Crippen molar-refractivity contribution in [3.8, 4) is 11.4 Å². The number of aromatic nitrogens is 2. The molecule has 0 aliphatic carbocycles. The van der Waals surface area contributed by atoms with E-state index in [2.05, 4.69) is 182 Å². The van der Waals surface area contributed by atoms with Gasteiger partial charge in [-0.15, -0.1) is 0 Å². The molecule has 0 aliphatic heterocycles. The lowest BCUT2D eigenvalue weighted by atomic mass is 9.85. The van der Waals surface area contributed by atoms with Crippen molar-refractivity contribution in [3.63, 3.8) is 0 Å². The Morgan fingerprint density at radius 3 is 1.60 bits per heavy atom. The van der Waals surface area contributed by atoms with Crippen molar-refractivity contribution in [1.82, 2.24) is 9.13 Å². The molecule has 2 nitrogen and oxygen atoms in total. The Morgan fingerprint density at radius 2 is 0.978 bits per heavy atom. The molecule has 0 fully saturated rings. The van der Waals surface area contributed by atoms with Gasteiger partial charge in [0.2, 0.25) is 0 Å². The van der Waals surface area contributed by atoms with Crippen LogP contribution in [0.3, 0.4) is 0 Å². The lowest BCUT2D eigenvalue weighted by molar-refractivity contribution is 0.590. The molecule has 0 bridgehead atoms. The van der Waals surface area contributed by atoms with E-state index in [1.54, 1.807) is 0 Å². The van der Waals surface area contributed by atoms with Crippen LogP contribution in [-0.4, -0.2) is 9.13 Å². The van der Waals surface area contributed by atoms with E-state index in [0.717, 1.165) is 15.8 Å². The van der Waals surface area contributed by atoms with Gasteiger partial charge in [-0.05, 0) is 85.7 Å². The van der Waals surface area contributed by atoms with Crippen molar-refractivity contribution in [2.45, 2.75) is 52.4 Å². The van der Waals surface area contributed by atoms with E-state index in [4.69, 9.17) is 0 Å². The predicted molar refractivity (Wildman–Crippen MR) is 198 cm³/mol. The maximum Gasteiger partial charge on any atom is 0.0656 e. The molecule has 45 heavy (non-hydrogen) atoms. The second-order valence-electron chi connectivity index (χ2n) is 14.4. The number of hydrogen-bond donors (Lipinski definition) is 0. The number of hydrogen-bond acceptors (Lipinski definition) is 0. The van der Waals surface area contributed by atoms with Crippen LogP contribution in [0.1, 0.15) is 52.7 Å². The molecule has 6 aromatic carbocycles. The number of nitrogens with zero attached hydrogens (tertiary/aromatic N) is 2. The monoisotopic (exact) mass is 648 g/mol. The highest BCUT2D eigenvalue weighted by Crippen LogP contribution is 2.43. The third kappa shape index (κ3) is 4.28. The third-order valence-electron chi connectivity index (χ3n) is 9.50. The Labute approximate surface area is 273 Å². The van der Waals surface area contributed by atoms with Crippen LogP contribution in [0.5, 0.6) is 0 Å². The van der Waals surface area contributed by atoms with Crippen LogP contribution >= 0.6 is 15.9 Å². The highest BCUT2D eigenvalue weighted by molar-refractivity contribution is 9.10. The Hall–Kier alpha value is -4.34. The van der Waals surface area contributed by atoms with E-state index >= 15 is 0 Å². The zero-order chi connectivity index (χ0) is 31.2. The van der Waals surface area contributed by atoms with Crippen LogP contribution in [0.2, 0.25) is 0 Å². The van der Waals surface area contributed by atoms with Crippen molar-refractivity contribution in [2.24, 2.45) is 0 Å². The summed E-state index contributed by atoms with van der Waals surface area (Å²) in [7, 11) is 0.